The van der Waals surface area contributed by atoms with Crippen LogP contribution in [0, 0.1) is 5.82 Å². The molecule has 2 N–H and O–H groups in total. The minimum Gasteiger partial charge on any atom is -0.454 e. The predicted molar refractivity (Wildman–Crippen MR) is 137 cm³/mol. The molecule has 1 aliphatic rings. The average Bonchev–Trinajstić information content (AvgIpc) is 3.36. The summed E-state index contributed by atoms with van der Waals surface area (Å²) >= 11 is 12.1. The maximum Gasteiger partial charge on any atom is 0.317 e. The molecule has 1 aliphatic heterocycles. The van der Waals surface area contributed by atoms with Crippen molar-refractivity contribution in [2.24, 2.45) is 0 Å². The number of carbonyl (C=O) groups is 2. The van der Waals surface area contributed by atoms with E-state index in [-0.39, 0.29) is 30.1 Å². The predicted octanol–water partition coefficient (Wildman–Crippen LogP) is 4.73. The van der Waals surface area contributed by atoms with E-state index in [4.69, 9.17) is 27.6 Å². The first-order chi connectivity index (χ1) is 17.4. The van der Waals surface area contributed by atoms with Gasteiger partial charge in [-0.2, -0.15) is 0 Å². The molecule has 0 unspecified atom stereocenters. The largest absolute Gasteiger partial charge is 0.454 e. The average molecular weight is 533 g/mol. The quantitative estimate of drug-likeness (QED) is 0.439. The molecule has 0 aliphatic carbocycles. The number of hydrogen-bond acceptors (Lipinski definition) is 4. The van der Waals surface area contributed by atoms with Gasteiger partial charge in [0, 0.05) is 39.3 Å². The smallest absolute Gasteiger partial charge is 0.317 e. The van der Waals surface area contributed by atoms with Crippen molar-refractivity contribution in [1.29, 1.82) is 0 Å². The molecule has 0 atom stereocenters. The molecule has 2 aromatic carbocycles. The summed E-state index contributed by atoms with van der Waals surface area (Å²) in [5.74, 6) is 0.0347. The number of nitrogens with zero attached hydrogens (tertiary/aromatic N) is 2. The number of carbonyl (C=O) groups excluding carboxylic acids is 2. The zero-order valence-corrected chi connectivity index (χ0v) is 21.1. The van der Waals surface area contributed by atoms with Gasteiger partial charge in [0.05, 0.1) is 16.6 Å². The summed E-state index contributed by atoms with van der Waals surface area (Å²) in [6, 6.07) is 14.8. The molecule has 7 nitrogen and oxygen atoms in total. The van der Waals surface area contributed by atoms with E-state index in [2.05, 4.69) is 15.5 Å². The third-order valence-electron chi connectivity index (χ3n) is 5.96. The monoisotopic (exact) mass is 532 g/mol. The van der Waals surface area contributed by atoms with Gasteiger partial charge in [0.15, 0.2) is 5.76 Å². The summed E-state index contributed by atoms with van der Waals surface area (Å²) in [6.07, 6.45) is 0.580. The first-order valence-corrected chi connectivity index (χ1v) is 12.4. The fraction of sp³-hybridized carbons (Fsp3) is 0.308. The van der Waals surface area contributed by atoms with Gasteiger partial charge in [0.1, 0.15) is 11.6 Å². The number of hydrogen-bond donors (Lipinski definition) is 2. The van der Waals surface area contributed by atoms with Gasteiger partial charge in [-0.15, -0.1) is 0 Å². The topological polar surface area (TPSA) is 77.8 Å². The molecule has 2 heterocycles. The highest BCUT2D eigenvalue weighted by molar-refractivity contribution is 6.42. The van der Waals surface area contributed by atoms with Crippen molar-refractivity contribution < 1.29 is 18.4 Å². The van der Waals surface area contributed by atoms with Crippen molar-refractivity contribution in [3.63, 3.8) is 0 Å². The lowest BCUT2D eigenvalue weighted by atomic mass is 10.1. The first kappa shape index (κ1) is 26.0. The van der Waals surface area contributed by atoms with E-state index in [0.29, 0.717) is 41.9 Å². The van der Waals surface area contributed by atoms with Gasteiger partial charge in [-0.25, -0.2) is 9.18 Å². The standard InChI is InChI=1S/C26H27Cl2FN4O3/c27-22-7-3-19(15-23(22)28)17-32-11-13-33(14-12-32)26(35)31-16-21-6-8-24(36-21)25(34)30-10-9-18-1-4-20(29)5-2-18/h1-8,15H,9-14,16-17H2,(H,30,34)(H,31,35). The van der Waals surface area contributed by atoms with Gasteiger partial charge in [-0.1, -0.05) is 41.4 Å². The number of nitrogens with one attached hydrogen (secondary N) is 2. The van der Waals surface area contributed by atoms with Crippen LogP contribution in [-0.4, -0.2) is 54.5 Å². The minimum absolute atomic E-state index is 0.175. The fourth-order valence-corrected chi connectivity index (χ4v) is 4.25. The second-order valence-corrected chi connectivity index (χ2v) is 9.38. The molecule has 3 amide bonds. The lowest BCUT2D eigenvalue weighted by Crippen LogP contribution is -2.51. The second-order valence-electron chi connectivity index (χ2n) is 8.57. The normalized spacial score (nSPS) is 14.0. The number of rotatable bonds is 8. The molecule has 1 aromatic heterocycles. The Morgan fingerprint density at radius 1 is 0.889 bits per heavy atom. The molecular weight excluding hydrogens is 506 g/mol. The number of benzene rings is 2. The molecular formula is C26H27Cl2FN4O3. The van der Waals surface area contributed by atoms with Crippen LogP contribution in [0.25, 0.3) is 0 Å². The van der Waals surface area contributed by atoms with Gasteiger partial charge >= 0.3 is 6.03 Å². The Morgan fingerprint density at radius 3 is 2.33 bits per heavy atom. The Labute approximate surface area is 219 Å². The Hall–Kier alpha value is -3.07. The van der Waals surface area contributed by atoms with Gasteiger partial charge < -0.3 is 20.0 Å². The lowest BCUT2D eigenvalue weighted by Gasteiger charge is -2.34. The number of halogens is 3. The highest BCUT2D eigenvalue weighted by Crippen LogP contribution is 2.23. The fourth-order valence-electron chi connectivity index (χ4n) is 3.93. The summed E-state index contributed by atoms with van der Waals surface area (Å²) in [5.41, 5.74) is 2.00. The summed E-state index contributed by atoms with van der Waals surface area (Å²) in [6.45, 7) is 4.03. The zero-order valence-electron chi connectivity index (χ0n) is 19.6. The van der Waals surface area contributed by atoms with Crippen LogP contribution in [0.1, 0.15) is 27.4 Å². The summed E-state index contributed by atoms with van der Waals surface area (Å²) in [4.78, 5) is 28.9. The summed E-state index contributed by atoms with van der Waals surface area (Å²) in [5, 5.41) is 6.70. The van der Waals surface area contributed by atoms with Gasteiger partial charge in [-0.3, -0.25) is 9.69 Å². The number of piperazine rings is 1. The molecule has 36 heavy (non-hydrogen) atoms. The van der Waals surface area contributed by atoms with Crippen LogP contribution in [-0.2, 0) is 19.5 Å². The highest BCUT2D eigenvalue weighted by atomic mass is 35.5. The molecule has 0 spiro atoms. The molecule has 0 radical (unpaired) electrons. The summed E-state index contributed by atoms with van der Waals surface area (Å²) < 4.78 is 18.5. The van der Waals surface area contributed by atoms with Crippen LogP contribution < -0.4 is 10.6 Å². The van der Waals surface area contributed by atoms with E-state index >= 15 is 0 Å². The SMILES string of the molecule is O=C(NCCc1ccc(F)cc1)c1ccc(CNC(=O)N2CCN(Cc3ccc(Cl)c(Cl)c3)CC2)o1. The van der Waals surface area contributed by atoms with E-state index in [1.807, 2.05) is 12.1 Å². The van der Waals surface area contributed by atoms with Crippen molar-refractivity contribution in [3.8, 4) is 0 Å². The van der Waals surface area contributed by atoms with E-state index in [0.717, 1.165) is 30.8 Å². The lowest BCUT2D eigenvalue weighted by molar-refractivity contribution is 0.0924. The highest BCUT2D eigenvalue weighted by Gasteiger charge is 2.21. The Balaban J connectivity index is 1.16. The molecule has 1 fully saturated rings. The van der Waals surface area contributed by atoms with Gasteiger partial charge in [0.25, 0.3) is 5.91 Å². The number of urea groups is 1. The first-order valence-electron chi connectivity index (χ1n) is 11.7. The van der Waals surface area contributed by atoms with Crippen molar-refractivity contribution >= 4 is 35.1 Å². The molecule has 10 heteroatoms. The molecule has 0 bridgehead atoms. The van der Waals surface area contributed by atoms with E-state index < -0.39 is 0 Å². The maximum absolute atomic E-state index is 13.0. The van der Waals surface area contributed by atoms with E-state index in [1.54, 1.807) is 35.2 Å². The molecule has 0 saturated carbocycles. The third kappa shape index (κ3) is 7.22. The van der Waals surface area contributed by atoms with E-state index in [9.17, 15) is 14.0 Å². The molecule has 190 valence electrons. The Kier molecular flexibility index (Phi) is 8.85. The number of furan rings is 1. The maximum atomic E-state index is 13.0. The zero-order chi connectivity index (χ0) is 25.5. The third-order valence-corrected chi connectivity index (χ3v) is 6.70. The van der Waals surface area contributed by atoms with Crippen molar-refractivity contribution in [2.45, 2.75) is 19.5 Å². The second kappa shape index (κ2) is 12.3. The van der Waals surface area contributed by atoms with Crippen LogP contribution in [0.5, 0.6) is 0 Å². The van der Waals surface area contributed by atoms with Crippen LogP contribution in [0.2, 0.25) is 10.0 Å². The molecule has 3 aromatic rings. The van der Waals surface area contributed by atoms with Crippen LogP contribution in [0.4, 0.5) is 9.18 Å². The van der Waals surface area contributed by atoms with Crippen LogP contribution in [0.15, 0.2) is 59.0 Å². The number of amides is 3. The molecule has 4 rings (SSSR count). The van der Waals surface area contributed by atoms with Crippen molar-refractivity contribution in [3.05, 3.63) is 93.1 Å². The Morgan fingerprint density at radius 2 is 1.61 bits per heavy atom. The van der Waals surface area contributed by atoms with E-state index in [1.165, 1.54) is 12.1 Å². The van der Waals surface area contributed by atoms with Crippen LogP contribution >= 0.6 is 23.2 Å². The van der Waals surface area contributed by atoms with Crippen molar-refractivity contribution in [1.82, 2.24) is 20.4 Å². The van der Waals surface area contributed by atoms with Crippen molar-refractivity contribution in [2.75, 3.05) is 32.7 Å². The Bertz CT molecular complexity index is 1190. The molecule has 1 saturated heterocycles. The van der Waals surface area contributed by atoms with Gasteiger partial charge in [0.2, 0.25) is 0 Å². The van der Waals surface area contributed by atoms with Gasteiger partial charge in [-0.05, 0) is 53.9 Å². The summed E-state index contributed by atoms with van der Waals surface area (Å²) in [7, 11) is 0. The minimum atomic E-state index is -0.340. The van der Waals surface area contributed by atoms with Crippen LogP contribution in [0.3, 0.4) is 0 Å².